The summed E-state index contributed by atoms with van der Waals surface area (Å²) in [5, 5.41) is 8.90. The Hall–Kier alpha value is -3.10. The minimum absolute atomic E-state index is 0.129. The van der Waals surface area contributed by atoms with Crippen molar-refractivity contribution in [3.63, 3.8) is 0 Å². The minimum Gasteiger partial charge on any atom is -0.492 e. The number of alkyl halides is 2. The molecule has 0 fully saturated rings. The van der Waals surface area contributed by atoms with Gasteiger partial charge in [0.15, 0.2) is 23.1 Å². The number of rotatable bonds is 5. The lowest BCUT2D eigenvalue weighted by Gasteiger charge is -2.11. The average molecular weight is 382 g/mol. The van der Waals surface area contributed by atoms with Crippen LogP contribution < -0.4 is 18.9 Å². The Kier molecular flexibility index (Phi) is 4.01. The van der Waals surface area contributed by atoms with Crippen LogP contribution in [0.15, 0.2) is 30.3 Å². The van der Waals surface area contributed by atoms with Crippen molar-refractivity contribution in [3.05, 3.63) is 47.3 Å². The molecule has 4 rings (SSSR count). The Labute approximate surface area is 151 Å². The molecule has 6 nitrogen and oxygen atoms in total. The van der Waals surface area contributed by atoms with E-state index >= 15 is 0 Å². The van der Waals surface area contributed by atoms with Gasteiger partial charge in [0.2, 0.25) is 0 Å². The van der Waals surface area contributed by atoms with Crippen LogP contribution in [-0.4, -0.2) is 24.0 Å². The average Bonchev–Trinajstić information content (AvgIpc) is 3.11. The zero-order chi connectivity index (χ0) is 19.2. The van der Waals surface area contributed by atoms with Crippen LogP contribution in [-0.2, 0) is 11.4 Å². The molecule has 0 saturated heterocycles. The molecule has 142 valence electrons. The van der Waals surface area contributed by atoms with E-state index in [0.29, 0.717) is 11.3 Å². The van der Waals surface area contributed by atoms with Gasteiger partial charge in [-0.25, -0.2) is 4.39 Å². The number of hydrogen-bond donors (Lipinski definition) is 1. The Bertz CT molecular complexity index is 914. The Morgan fingerprint density at radius 1 is 1.26 bits per heavy atom. The zero-order valence-corrected chi connectivity index (χ0v) is 13.7. The fourth-order valence-corrected chi connectivity index (χ4v) is 3.06. The maximum atomic E-state index is 14.4. The standard InChI is InChI=1S/C18H13F3O6/c19-12-5-11-10(4-16(22)23)8-24-14(11)6-15(12)25-7-9-2-1-3-13-17(9)27-18(20,21)26-13/h1-3,5-6,10H,4,7-8H2,(H,22,23). The molecule has 27 heavy (non-hydrogen) atoms. The van der Waals surface area contributed by atoms with Crippen LogP contribution in [0.3, 0.4) is 0 Å². The fraction of sp³-hybridized carbons (Fsp3) is 0.278. The lowest BCUT2D eigenvalue weighted by molar-refractivity contribution is -0.287. The van der Waals surface area contributed by atoms with Gasteiger partial charge in [0.1, 0.15) is 12.4 Å². The molecule has 2 aromatic rings. The second-order valence-corrected chi connectivity index (χ2v) is 6.13. The summed E-state index contributed by atoms with van der Waals surface area (Å²) in [5.41, 5.74) is 0.716. The molecule has 1 atom stereocenters. The topological polar surface area (TPSA) is 74.2 Å². The third-order valence-corrected chi connectivity index (χ3v) is 4.26. The van der Waals surface area contributed by atoms with Gasteiger partial charge < -0.3 is 24.1 Å². The molecule has 1 unspecified atom stereocenters. The van der Waals surface area contributed by atoms with E-state index in [-0.39, 0.29) is 42.4 Å². The first kappa shape index (κ1) is 17.3. The Morgan fingerprint density at radius 3 is 2.85 bits per heavy atom. The molecule has 2 aliphatic rings. The van der Waals surface area contributed by atoms with Gasteiger partial charge in [0.25, 0.3) is 0 Å². The number of benzene rings is 2. The summed E-state index contributed by atoms with van der Waals surface area (Å²) in [6.07, 6.45) is -3.93. The molecule has 0 radical (unpaired) electrons. The molecular formula is C18H13F3O6. The molecule has 2 aliphatic heterocycles. The molecule has 0 spiro atoms. The van der Waals surface area contributed by atoms with Gasteiger partial charge in [-0.3, -0.25) is 4.79 Å². The molecule has 0 bridgehead atoms. The van der Waals surface area contributed by atoms with E-state index in [1.807, 2.05) is 0 Å². The fourth-order valence-electron chi connectivity index (χ4n) is 3.06. The smallest absolute Gasteiger partial charge is 0.492 e. The third-order valence-electron chi connectivity index (χ3n) is 4.26. The zero-order valence-electron chi connectivity index (χ0n) is 13.7. The number of fused-ring (bicyclic) bond motifs is 2. The van der Waals surface area contributed by atoms with Crippen LogP contribution >= 0.6 is 0 Å². The van der Waals surface area contributed by atoms with Crippen molar-refractivity contribution in [2.75, 3.05) is 6.61 Å². The normalized spacial score (nSPS) is 18.7. The molecule has 0 aliphatic carbocycles. The quantitative estimate of drug-likeness (QED) is 0.851. The van der Waals surface area contributed by atoms with E-state index in [0.717, 1.165) is 0 Å². The van der Waals surface area contributed by atoms with Crippen LogP contribution in [0.4, 0.5) is 13.2 Å². The second-order valence-electron chi connectivity index (χ2n) is 6.13. The van der Waals surface area contributed by atoms with Crippen LogP contribution in [0.25, 0.3) is 0 Å². The number of carbonyl (C=O) groups is 1. The van der Waals surface area contributed by atoms with Gasteiger partial charge >= 0.3 is 12.3 Å². The van der Waals surface area contributed by atoms with Crippen molar-refractivity contribution < 1.29 is 42.0 Å². The van der Waals surface area contributed by atoms with E-state index in [9.17, 15) is 18.0 Å². The number of hydrogen-bond acceptors (Lipinski definition) is 5. The molecular weight excluding hydrogens is 369 g/mol. The van der Waals surface area contributed by atoms with Gasteiger partial charge in [0, 0.05) is 23.1 Å². The van der Waals surface area contributed by atoms with E-state index < -0.39 is 24.0 Å². The number of aliphatic carboxylic acids is 1. The van der Waals surface area contributed by atoms with Gasteiger partial charge in [-0.05, 0) is 12.1 Å². The SMILES string of the molecule is O=C(O)CC1COc2cc(OCc3cccc4c3OC(F)(F)O4)c(F)cc21. The summed E-state index contributed by atoms with van der Waals surface area (Å²) in [6, 6.07) is 6.80. The Morgan fingerprint density at radius 2 is 2.07 bits per heavy atom. The Balaban J connectivity index is 1.53. The van der Waals surface area contributed by atoms with Crippen LogP contribution in [0.5, 0.6) is 23.0 Å². The first-order valence-electron chi connectivity index (χ1n) is 8.01. The van der Waals surface area contributed by atoms with Gasteiger partial charge in [-0.15, -0.1) is 8.78 Å². The number of halogens is 3. The highest BCUT2D eigenvalue weighted by Crippen LogP contribution is 2.44. The van der Waals surface area contributed by atoms with Crippen LogP contribution in [0.2, 0.25) is 0 Å². The molecule has 1 N–H and O–H groups in total. The number of carboxylic acids is 1. The van der Waals surface area contributed by atoms with Crippen molar-refractivity contribution in [2.45, 2.75) is 25.2 Å². The van der Waals surface area contributed by atoms with Crippen LogP contribution in [0.1, 0.15) is 23.5 Å². The molecule has 0 saturated carbocycles. The summed E-state index contributed by atoms with van der Waals surface area (Å²) in [7, 11) is 0. The summed E-state index contributed by atoms with van der Waals surface area (Å²) in [4.78, 5) is 10.9. The first-order valence-corrected chi connectivity index (χ1v) is 8.01. The van der Waals surface area contributed by atoms with E-state index in [2.05, 4.69) is 9.47 Å². The van der Waals surface area contributed by atoms with E-state index in [1.165, 1.54) is 30.3 Å². The van der Waals surface area contributed by atoms with Crippen LogP contribution in [0, 0.1) is 5.82 Å². The third kappa shape index (κ3) is 3.32. The van der Waals surface area contributed by atoms with Crippen molar-refractivity contribution in [3.8, 4) is 23.0 Å². The maximum absolute atomic E-state index is 14.4. The largest absolute Gasteiger partial charge is 0.586 e. The highest BCUT2D eigenvalue weighted by Gasteiger charge is 2.44. The highest BCUT2D eigenvalue weighted by molar-refractivity contribution is 5.69. The van der Waals surface area contributed by atoms with Gasteiger partial charge in [-0.2, -0.15) is 0 Å². The molecule has 9 heteroatoms. The predicted molar refractivity (Wildman–Crippen MR) is 83.9 cm³/mol. The first-order chi connectivity index (χ1) is 12.8. The number of carboxylic acid groups (broad SMARTS) is 1. The monoisotopic (exact) mass is 382 g/mol. The maximum Gasteiger partial charge on any atom is 0.586 e. The summed E-state index contributed by atoms with van der Waals surface area (Å²) in [6.45, 7) is -0.103. The van der Waals surface area contributed by atoms with Gasteiger partial charge in [0.05, 0.1) is 13.0 Å². The van der Waals surface area contributed by atoms with E-state index in [1.54, 1.807) is 0 Å². The van der Waals surface area contributed by atoms with Gasteiger partial charge in [-0.1, -0.05) is 12.1 Å². The molecule has 0 amide bonds. The number of ether oxygens (including phenoxy) is 4. The van der Waals surface area contributed by atoms with Crippen molar-refractivity contribution >= 4 is 5.97 Å². The molecule has 2 heterocycles. The second kappa shape index (κ2) is 6.26. The lowest BCUT2D eigenvalue weighted by atomic mass is 9.98. The molecule has 2 aromatic carbocycles. The predicted octanol–water partition coefficient (Wildman–Crippen LogP) is 3.68. The summed E-state index contributed by atoms with van der Waals surface area (Å²) in [5.74, 6) is -2.25. The van der Waals surface area contributed by atoms with E-state index in [4.69, 9.17) is 14.6 Å². The van der Waals surface area contributed by atoms with Crippen molar-refractivity contribution in [1.82, 2.24) is 0 Å². The summed E-state index contributed by atoms with van der Waals surface area (Å²) >= 11 is 0. The number of para-hydroxylation sites is 1. The lowest BCUT2D eigenvalue weighted by Crippen LogP contribution is -2.26. The molecule has 0 aromatic heterocycles. The van der Waals surface area contributed by atoms with Crippen molar-refractivity contribution in [2.24, 2.45) is 0 Å². The minimum atomic E-state index is -3.76. The van der Waals surface area contributed by atoms with Crippen molar-refractivity contribution in [1.29, 1.82) is 0 Å². The highest BCUT2D eigenvalue weighted by atomic mass is 19.3. The summed E-state index contributed by atoms with van der Waals surface area (Å²) < 4.78 is 60.4.